The number of nitrogens with zero attached hydrogens (tertiary/aromatic N) is 1. The molecule has 0 radical (unpaired) electrons. The normalized spacial score (nSPS) is 20.0. The van der Waals surface area contributed by atoms with E-state index in [1.165, 1.54) is 25.1 Å². The predicted octanol–water partition coefficient (Wildman–Crippen LogP) is 0.979. The number of carbonyl (C=O) groups excluding carboxylic acids is 1. The summed E-state index contributed by atoms with van der Waals surface area (Å²) in [5.74, 6) is -1.23. The van der Waals surface area contributed by atoms with Crippen molar-refractivity contribution in [2.75, 3.05) is 4.90 Å². The Kier molecular flexibility index (Phi) is 2.86. The first-order valence-corrected chi connectivity index (χ1v) is 5.47. The van der Waals surface area contributed by atoms with Gasteiger partial charge in [0.2, 0.25) is 0 Å². The lowest BCUT2D eigenvalue weighted by Gasteiger charge is -2.35. The third kappa shape index (κ3) is 1.85. The summed E-state index contributed by atoms with van der Waals surface area (Å²) >= 11 is 0. The van der Waals surface area contributed by atoms with Crippen LogP contribution in [0, 0.1) is 0 Å². The van der Waals surface area contributed by atoms with Crippen LogP contribution in [-0.2, 0) is 9.59 Å². The van der Waals surface area contributed by atoms with Crippen LogP contribution < -0.4 is 9.64 Å². The van der Waals surface area contributed by atoms with E-state index in [4.69, 9.17) is 9.84 Å². The van der Waals surface area contributed by atoms with Gasteiger partial charge in [0.25, 0.3) is 5.91 Å². The number of carboxylic acid groups (broad SMARTS) is 1. The second-order valence-corrected chi connectivity index (χ2v) is 4.13. The number of phenols is 1. The lowest BCUT2D eigenvalue weighted by atomic mass is 10.1. The van der Waals surface area contributed by atoms with E-state index in [0.29, 0.717) is 5.75 Å². The number of hydrogen-bond acceptors (Lipinski definition) is 4. The van der Waals surface area contributed by atoms with Crippen molar-refractivity contribution in [3.63, 3.8) is 0 Å². The van der Waals surface area contributed by atoms with Crippen LogP contribution in [0.4, 0.5) is 5.69 Å². The maximum Gasteiger partial charge on any atom is 0.326 e. The quantitative estimate of drug-likeness (QED) is 0.818. The number of ether oxygens (including phenoxy) is 1. The number of aromatic hydroxyl groups is 1. The molecule has 1 aromatic carbocycles. The lowest BCUT2D eigenvalue weighted by Crippen LogP contribution is -2.51. The number of anilines is 1. The van der Waals surface area contributed by atoms with Crippen molar-refractivity contribution in [1.82, 2.24) is 0 Å². The number of fused-ring (bicyclic) bond motifs is 1. The molecule has 2 unspecified atom stereocenters. The third-order valence-electron chi connectivity index (χ3n) is 2.84. The average molecular weight is 251 g/mol. The Morgan fingerprint density at radius 1 is 1.50 bits per heavy atom. The Bertz CT molecular complexity index is 513. The van der Waals surface area contributed by atoms with Crippen molar-refractivity contribution in [3.05, 3.63) is 18.2 Å². The zero-order valence-electron chi connectivity index (χ0n) is 9.95. The standard InChI is InChI=1S/C12H13NO5/c1-6(12(16)17)13-9-5-8(14)3-4-10(9)18-7(2)11(13)15/h3-7,14H,1-2H3,(H,16,17). The van der Waals surface area contributed by atoms with Gasteiger partial charge in [-0.2, -0.15) is 0 Å². The highest BCUT2D eigenvalue weighted by atomic mass is 16.5. The van der Waals surface area contributed by atoms with Crippen LogP contribution in [0.15, 0.2) is 18.2 Å². The fraction of sp³-hybridized carbons (Fsp3) is 0.333. The summed E-state index contributed by atoms with van der Waals surface area (Å²) in [5, 5.41) is 18.5. The summed E-state index contributed by atoms with van der Waals surface area (Å²) < 4.78 is 5.36. The summed E-state index contributed by atoms with van der Waals surface area (Å²) in [6, 6.07) is 3.23. The van der Waals surface area contributed by atoms with Gasteiger partial charge in [-0.3, -0.25) is 9.69 Å². The molecule has 1 amide bonds. The zero-order chi connectivity index (χ0) is 13.4. The van der Waals surface area contributed by atoms with Gasteiger partial charge in [0.1, 0.15) is 17.5 Å². The molecule has 1 heterocycles. The molecular weight excluding hydrogens is 238 g/mol. The highest BCUT2D eigenvalue weighted by molar-refractivity contribution is 6.04. The van der Waals surface area contributed by atoms with Crippen molar-refractivity contribution in [1.29, 1.82) is 0 Å². The highest BCUT2D eigenvalue weighted by Crippen LogP contribution is 2.37. The fourth-order valence-corrected chi connectivity index (χ4v) is 1.86. The van der Waals surface area contributed by atoms with Crippen LogP contribution in [0.2, 0.25) is 0 Å². The molecule has 18 heavy (non-hydrogen) atoms. The van der Waals surface area contributed by atoms with Gasteiger partial charge in [-0.25, -0.2) is 4.79 Å². The zero-order valence-corrected chi connectivity index (χ0v) is 9.95. The van der Waals surface area contributed by atoms with E-state index in [0.717, 1.165) is 4.90 Å². The van der Waals surface area contributed by atoms with Crippen molar-refractivity contribution in [2.24, 2.45) is 0 Å². The van der Waals surface area contributed by atoms with Crippen LogP contribution in [0.25, 0.3) is 0 Å². The number of benzene rings is 1. The summed E-state index contributed by atoms with van der Waals surface area (Å²) in [5.41, 5.74) is 0.271. The monoisotopic (exact) mass is 251 g/mol. The first-order valence-electron chi connectivity index (χ1n) is 5.47. The topological polar surface area (TPSA) is 87.1 Å². The van der Waals surface area contributed by atoms with Gasteiger partial charge < -0.3 is 14.9 Å². The Balaban J connectivity index is 2.54. The number of phenolic OH excluding ortho intramolecular Hbond substituents is 1. The minimum absolute atomic E-state index is 0.0534. The van der Waals surface area contributed by atoms with E-state index in [1.807, 2.05) is 0 Å². The molecule has 0 fully saturated rings. The molecule has 1 aliphatic rings. The van der Waals surface area contributed by atoms with Gasteiger partial charge in [-0.1, -0.05) is 0 Å². The minimum Gasteiger partial charge on any atom is -0.508 e. The van der Waals surface area contributed by atoms with Crippen LogP contribution >= 0.6 is 0 Å². The molecular formula is C12H13NO5. The van der Waals surface area contributed by atoms with Crippen LogP contribution in [0.3, 0.4) is 0 Å². The molecule has 1 aliphatic heterocycles. The molecule has 6 nitrogen and oxygen atoms in total. The summed E-state index contributed by atoms with van der Waals surface area (Å²) in [7, 11) is 0. The Labute approximate surface area is 103 Å². The van der Waals surface area contributed by atoms with E-state index >= 15 is 0 Å². The van der Waals surface area contributed by atoms with Crippen LogP contribution in [0.1, 0.15) is 13.8 Å². The van der Waals surface area contributed by atoms with Gasteiger partial charge in [0.05, 0.1) is 5.69 Å². The molecule has 6 heteroatoms. The number of carboxylic acids is 1. The molecule has 0 aromatic heterocycles. The molecule has 0 aliphatic carbocycles. The number of rotatable bonds is 2. The summed E-state index contributed by atoms with van der Waals surface area (Å²) in [6.07, 6.45) is -0.746. The summed E-state index contributed by atoms with van der Waals surface area (Å²) in [6.45, 7) is 2.96. The van der Waals surface area contributed by atoms with Gasteiger partial charge in [0, 0.05) is 6.07 Å². The maximum absolute atomic E-state index is 12.0. The average Bonchev–Trinajstić information content (AvgIpc) is 2.31. The predicted molar refractivity (Wildman–Crippen MR) is 62.8 cm³/mol. The Hall–Kier alpha value is -2.24. The van der Waals surface area contributed by atoms with Crippen molar-refractivity contribution < 1.29 is 24.5 Å². The van der Waals surface area contributed by atoms with Gasteiger partial charge in [0.15, 0.2) is 6.10 Å². The third-order valence-corrected chi connectivity index (χ3v) is 2.84. The second-order valence-electron chi connectivity index (χ2n) is 4.13. The lowest BCUT2D eigenvalue weighted by molar-refractivity contribution is -0.140. The van der Waals surface area contributed by atoms with Crippen LogP contribution in [-0.4, -0.2) is 34.2 Å². The molecule has 2 N–H and O–H groups in total. The molecule has 0 spiro atoms. The van der Waals surface area contributed by atoms with E-state index in [9.17, 15) is 14.7 Å². The number of amides is 1. The first-order chi connectivity index (χ1) is 8.41. The number of carbonyl (C=O) groups is 2. The SMILES string of the molecule is CC1Oc2ccc(O)cc2N(C(C)C(=O)O)C1=O. The molecule has 2 rings (SSSR count). The van der Waals surface area contributed by atoms with Crippen molar-refractivity contribution >= 4 is 17.6 Å². The van der Waals surface area contributed by atoms with Crippen molar-refractivity contribution in [2.45, 2.75) is 26.0 Å². The van der Waals surface area contributed by atoms with Gasteiger partial charge >= 0.3 is 5.97 Å². The van der Waals surface area contributed by atoms with Crippen molar-refractivity contribution in [3.8, 4) is 11.5 Å². The van der Waals surface area contributed by atoms with E-state index in [1.54, 1.807) is 6.92 Å². The number of aliphatic carboxylic acids is 1. The highest BCUT2D eigenvalue weighted by Gasteiger charge is 2.37. The van der Waals surface area contributed by atoms with Gasteiger partial charge in [-0.05, 0) is 26.0 Å². The van der Waals surface area contributed by atoms with Crippen LogP contribution in [0.5, 0.6) is 11.5 Å². The Morgan fingerprint density at radius 2 is 2.17 bits per heavy atom. The minimum atomic E-state index is -1.12. The fourth-order valence-electron chi connectivity index (χ4n) is 1.86. The molecule has 0 saturated carbocycles. The number of hydrogen-bond donors (Lipinski definition) is 2. The molecule has 0 saturated heterocycles. The molecule has 1 aromatic rings. The summed E-state index contributed by atoms with van der Waals surface area (Å²) in [4.78, 5) is 24.2. The van der Waals surface area contributed by atoms with E-state index in [2.05, 4.69) is 0 Å². The Morgan fingerprint density at radius 3 is 2.78 bits per heavy atom. The molecule has 2 atom stereocenters. The van der Waals surface area contributed by atoms with Gasteiger partial charge in [-0.15, -0.1) is 0 Å². The largest absolute Gasteiger partial charge is 0.508 e. The first kappa shape index (κ1) is 12.2. The maximum atomic E-state index is 12.0. The molecule has 96 valence electrons. The smallest absolute Gasteiger partial charge is 0.326 e. The van der Waals surface area contributed by atoms with E-state index < -0.39 is 24.0 Å². The van der Waals surface area contributed by atoms with E-state index in [-0.39, 0.29) is 11.4 Å². The second kappa shape index (κ2) is 4.21. The molecule has 0 bridgehead atoms.